The van der Waals surface area contributed by atoms with Gasteiger partial charge in [-0.1, -0.05) is 41.6 Å². The topological polar surface area (TPSA) is 90.1 Å². The Hall–Kier alpha value is -4.00. The van der Waals surface area contributed by atoms with Crippen LogP contribution in [0.1, 0.15) is 29.6 Å². The lowest BCUT2D eigenvalue weighted by Crippen LogP contribution is -2.24. The molecule has 4 rings (SSSR count). The van der Waals surface area contributed by atoms with Gasteiger partial charge in [0.05, 0.1) is 30.0 Å². The molecule has 0 saturated carbocycles. The molecule has 33 heavy (non-hydrogen) atoms. The minimum atomic E-state index is -0.0300. The second-order valence-electron chi connectivity index (χ2n) is 7.74. The highest BCUT2D eigenvalue weighted by atomic mass is 16.5. The first-order chi connectivity index (χ1) is 16.0. The summed E-state index contributed by atoms with van der Waals surface area (Å²) in [6.45, 7) is 6.75. The molecule has 2 aromatic carbocycles. The van der Waals surface area contributed by atoms with Gasteiger partial charge in [-0.25, -0.2) is 9.97 Å². The van der Waals surface area contributed by atoms with Crippen molar-refractivity contribution < 1.29 is 14.1 Å². The zero-order chi connectivity index (χ0) is 23.2. The molecule has 0 saturated heterocycles. The number of nitrogens with one attached hydrogen (secondary N) is 1. The van der Waals surface area contributed by atoms with Gasteiger partial charge >= 0.3 is 0 Å². The molecule has 0 aliphatic carbocycles. The van der Waals surface area contributed by atoms with Crippen LogP contribution in [0.5, 0.6) is 5.75 Å². The SMILES string of the molecule is CCOc1ccc(CC(=O)NCc2ccc(-c3nc(C)ncc3-c3cc(C)no3)cc2)cc1. The monoisotopic (exact) mass is 442 g/mol. The minimum absolute atomic E-state index is 0.0300. The van der Waals surface area contributed by atoms with Gasteiger partial charge in [-0.15, -0.1) is 0 Å². The number of carbonyl (C=O) groups excluding carboxylic acids is 1. The molecule has 2 heterocycles. The average Bonchev–Trinajstić information content (AvgIpc) is 3.25. The van der Waals surface area contributed by atoms with Crippen molar-refractivity contribution in [3.8, 4) is 28.3 Å². The Balaban J connectivity index is 1.41. The number of hydrogen-bond donors (Lipinski definition) is 1. The Morgan fingerprint density at radius 2 is 1.76 bits per heavy atom. The van der Waals surface area contributed by atoms with E-state index in [4.69, 9.17) is 9.26 Å². The average molecular weight is 443 g/mol. The molecule has 1 amide bonds. The van der Waals surface area contributed by atoms with Gasteiger partial charge < -0.3 is 14.6 Å². The number of benzene rings is 2. The van der Waals surface area contributed by atoms with E-state index in [0.29, 0.717) is 31.2 Å². The highest BCUT2D eigenvalue weighted by molar-refractivity contribution is 5.79. The molecule has 0 aliphatic rings. The lowest BCUT2D eigenvalue weighted by atomic mass is 10.0. The Bertz CT molecular complexity index is 1230. The molecule has 0 unspecified atom stereocenters. The van der Waals surface area contributed by atoms with E-state index in [0.717, 1.165) is 39.4 Å². The molecule has 0 spiro atoms. The fourth-order valence-electron chi connectivity index (χ4n) is 3.46. The molecule has 1 N–H and O–H groups in total. The number of nitrogens with zero attached hydrogens (tertiary/aromatic N) is 3. The molecule has 168 valence electrons. The van der Waals surface area contributed by atoms with Crippen LogP contribution in [0.3, 0.4) is 0 Å². The Kier molecular flexibility index (Phi) is 6.78. The number of ether oxygens (including phenoxy) is 1. The normalized spacial score (nSPS) is 10.8. The van der Waals surface area contributed by atoms with E-state index in [1.807, 2.05) is 75.4 Å². The molecule has 7 nitrogen and oxygen atoms in total. The summed E-state index contributed by atoms with van der Waals surface area (Å²) < 4.78 is 10.9. The van der Waals surface area contributed by atoms with Gasteiger partial charge in [-0.05, 0) is 44.0 Å². The van der Waals surface area contributed by atoms with Gasteiger partial charge in [0.25, 0.3) is 0 Å². The molecule has 4 aromatic rings. The summed E-state index contributed by atoms with van der Waals surface area (Å²) in [4.78, 5) is 21.3. The smallest absolute Gasteiger partial charge is 0.224 e. The van der Waals surface area contributed by atoms with Crippen LogP contribution in [0.25, 0.3) is 22.6 Å². The third-order valence-corrected chi connectivity index (χ3v) is 5.12. The Morgan fingerprint density at radius 3 is 2.42 bits per heavy atom. The molecule has 2 aromatic heterocycles. The predicted molar refractivity (Wildman–Crippen MR) is 126 cm³/mol. The first-order valence-corrected chi connectivity index (χ1v) is 10.9. The zero-order valence-corrected chi connectivity index (χ0v) is 19.0. The van der Waals surface area contributed by atoms with Gasteiger partial charge in [0.2, 0.25) is 5.91 Å². The number of rotatable bonds is 8. The van der Waals surface area contributed by atoms with Gasteiger partial charge in [0.1, 0.15) is 11.6 Å². The molecular weight excluding hydrogens is 416 g/mol. The van der Waals surface area contributed by atoms with E-state index in [2.05, 4.69) is 20.4 Å². The van der Waals surface area contributed by atoms with Crippen LogP contribution in [0.4, 0.5) is 0 Å². The number of hydrogen-bond acceptors (Lipinski definition) is 6. The van der Waals surface area contributed by atoms with Crippen LogP contribution >= 0.6 is 0 Å². The maximum absolute atomic E-state index is 12.4. The van der Waals surface area contributed by atoms with Crippen LogP contribution in [0.15, 0.2) is 65.3 Å². The summed E-state index contributed by atoms with van der Waals surface area (Å²) in [5, 5.41) is 6.95. The molecular formula is C26H26N4O3. The van der Waals surface area contributed by atoms with Crippen LogP contribution in [0.2, 0.25) is 0 Å². The van der Waals surface area contributed by atoms with Crippen molar-refractivity contribution in [2.75, 3.05) is 6.61 Å². The van der Waals surface area contributed by atoms with E-state index in [1.165, 1.54) is 0 Å². The summed E-state index contributed by atoms with van der Waals surface area (Å²) >= 11 is 0. The van der Waals surface area contributed by atoms with Crippen molar-refractivity contribution in [3.63, 3.8) is 0 Å². The standard InChI is InChI=1S/C26H26N4O3/c1-4-32-22-11-7-19(8-12-22)14-25(31)28-15-20-5-9-21(10-6-20)26-23(16-27-18(3)29-26)24-13-17(2)30-33-24/h5-13,16H,4,14-15H2,1-3H3,(H,28,31). The first kappa shape index (κ1) is 22.2. The summed E-state index contributed by atoms with van der Waals surface area (Å²) in [7, 11) is 0. The second-order valence-corrected chi connectivity index (χ2v) is 7.74. The number of aromatic nitrogens is 3. The summed E-state index contributed by atoms with van der Waals surface area (Å²) in [5.41, 5.74) is 5.26. The number of carbonyl (C=O) groups is 1. The third-order valence-electron chi connectivity index (χ3n) is 5.12. The Labute approximate surface area is 192 Å². The highest BCUT2D eigenvalue weighted by Gasteiger charge is 2.14. The van der Waals surface area contributed by atoms with Crippen LogP contribution in [-0.4, -0.2) is 27.6 Å². The molecule has 0 radical (unpaired) electrons. The van der Waals surface area contributed by atoms with Crippen LogP contribution in [-0.2, 0) is 17.8 Å². The largest absolute Gasteiger partial charge is 0.494 e. The lowest BCUT2D eigenvalue weighted by molar-refractivity contribution is -0.120. The molecule has 0 fully saturated rings. The van der Waals surface area contributed by atoms with Gasteiger partial charge in [0, 0.05) is 24.4 Å². The second kappa shape index (κ2) is 10.1. The third kappa shape index (κ3) is 5.63. The van der Waals surface area contributed by atoms with E-state index < -0.39 is 0 Å². The predicted octanol–water partition coefficient (Wildman–Crippen LogP) is 4.67. The molecule has 0 aliphatic heterocycles. The highest BCUT2D eigenvalue weighted by Crippen LogP contribution is 2.30. The maximum atomic E-state index is 12.4. The summed E-state index contributed by atoms with van der Waals surface area (Å²) in [6, 6.07) is 17.4. The van der Waals surface area contributed by atoms with E-state index in [-0.39, 0.29) is 5.91 Å². The minimum Gasteiger partial charge on any atom is -0.494 e. The van der Waals surface area contributed by atoms with Crippen LogP contribution in [0, 0.1) is 13.8 Å². The van der Waals surface area contributed by atoms with Crippen molar-refractivity contribution >= 4 is 5.91 Å². The fourth-order valence-corrected chi connectivity index (χ4v) is 3.46. The molecule has 7 heteroatoms. The summed E-state index contributed by atoms with van der Waals surface area (Å²) in [6.07, 6.45) is 2.08. The van der Waals surface area contributed by atoms with Gasteiger partial charge in [-0.3, -0.25) is 4.79 Å². The van der Waals surface area contributed by atoms with Crippen molar-refractivity contribution in [3.05, 3.63) is 83.4 Å². The first-order valence-electron chi connectivity index (χ1n) is 10.9. The van der Waals surface area contributed by atoms with Crippen molar-refractivity contribution in [2.45, 2.75) is 33.7 Å². The molecule has 0 bridgehead atoms. The van der Waals surface area contributed by atoms with E-state index >= 15 is 0 Å². The fraction of sp³-hybridized carbons (Fsp3) is 0.231. The van der Waals surface area contributed by atoms with E-state index in [9.17, 15) is 4.79 Å². The lowest BCUT2D eigenvalue weighted by Gasteiger charge is -2.09. The quantitative estimate of drug-likeness (QED) is 0.426. The number of aryl methyl sites for hydroxylation is 2. The van der Waals surface area contributed by atoms with Crippen LogP contribution < -0.4 is 10.1 Å². The van der Waals surface area contributed by atoms with Gasteiger partial charge in [-0.2, -0.15) is 0 Å². The van der Waals surface area contributed by atoms with Crippen molar-refractivity contribution in [1.29, 1.82) is 0 Å². The molecule has 0 atom stereocenters. The van der Waals surface area contributed by atoms with E-state index in [1.54, 1.807) is 6.20 Å². The summed E-state index contributed by atoms with van der Waals surface area (Å²) in [5.74, 6) is 2.09. The van der Waals surface area contributed by atoms with Gasteiger partial charge in [0.15, 0.2) is 5.76 Å². The zero-order valence-electron chi connectivity index (χ0n) is 19.0. The maximum Gasteiger partial charge on any atom is 0.224 e. The Morgan fingerprint density at radius 1 is 1.03 bits per heavy atom. The van der Waals surface area contributed by atoms with Crippen molar-refractivity contribution in [1.82, 2.24) is 20.4 Å². The number of amides is 1. The van der Waals surface area contributed by atoms with Crippen molar-refractivity contribution in [2.24, 2.45) is 0 Å².